The van der Waals surface area contributed by atoms with Crippen molar-refractivity contribution in [2.75, 3.05) is 18.6 Å². The fourth-order valence-electron chi connectivity index (χ4n) is 1.85. The number of rotatable bonds is 6. The summed E-state index contributed by atoms with van der Waals surface area (Å²) in [7, 11) is -2.93. The molecule has 0 saturated carbocycles. The van der Waals surface area contributed by atoms with Crippen molar-refractivity contribution in [3.8, 4) is 0 Å². The fourth-order valence-corrected chi connectivity index (χ4v) is 3.31. The van der Waals surface area contributed by atoms with Crippen LogP contribution in [0.15, 0.2) is 18.2 Å². The molecule has 3 nitrogen and oxygen atoms in total. The molecule has 1 rings (SSSR count). The molecule has 19 heavy (non-hydrogen) atoms. The summed E-state index contributed by atoms with van der Waals surface area (Å²) >= 11 is 11.8. The molecule has 1 aromatic rings. The molecule has 0 fully saturated rings. The van der Waals surface area contributed by atoms with Crippen molar-refractivity contribution in [1.82, 2.24) is 5.32 Å². The standard InChI is InChI=1S/C13H19Cl2NO2S/c1-9(8-19(3,17)18)7-16-10(2)11-4-5-12(14)13(15)6-11/h4-6,9-10,16H,7-8H2,1-3H3. The van der Waals surface area contributed by atoms with E-state index in [9.17, 15) is 8.42 Å². The number of benzene rings is 1. The third-order valence-corrected chi connectivity index (χ3v) is 4.72. The summed E-state index contributed by atoms with van der Waals surface area (Å²) in [5.74, 6) is 0.258. The molecule has 0 heterocycles. The Morgan fingerprint density at radius 3 is 2.37 bits per heavy atom. The third-order valence-electron chi connectivity index (χ3n) is 2.80. The highest BCUT2D eigenvalue weighted by Crippen LogP contribution is 2.25. The van der Waals surface area contributed by atoms with Gasteiger partial charge in [0.25, 0.3) is 0 Å². The Morgan fingerprint density at radius 1 is 1.21 bits per heavy atom. The highest BCUT2D eigenvalue weighted by Gasteiger charge is 2.13. The van der Waals surface area contributed by atoms with Gasteiger partial charge in [-0.2, -0.15) is 0 Å². The van der Waals surface area contributed by atoms with Gasteiger partial charge in [0.2, 0.25) is 0 Å². The van der Waals surface area contributed by atoms with E-state index in [1.165, 1.54) is 6.26 Å². The molecule has 0 saturated heterocycles. The molecule has 1 aromatic carbocycles. The monoisotopic (exact) mass is 323 g/mol. The van der Waals surface area contributed by atoms with Gasteiger partial charge in [-0.15, -0.1) is 0 Å². The van der Waals surface area contributed by atoms with Crippen molar-refractivity contribution in [3.05, 3.63) is 33.8 Å². The van der Waals surface area contributed by atoms with E-state index in [0.29, 0.717) is 16.6 Å². The Hall–Kier alpha value is -0.290. The molecule has 0 aliphatic rings. The number of halogens is 2. The predicted molar refractivity (Wildman–Crippen MR) is 81.8 cm³/mol. The van der Waals surface area contributed by atoms with Crippen molar-refractivity contribution in [2.45, 2.75) is 19.9 Å². The van der Waals surface area contributed by atoms with E-state index < -0.39 is 9.84 Å². The lowest BCUT2D eigenvalue weighted by atomic mass is 10.1. The second kappa shape index (κ2) is 6.93. The minimum Gasteiger partial charge on any atom is -0.310 e. The van der Waals surface area contributed by atoms with Crippen LogP contribution >= 0.6 is 23.2 Å². The lowest BCUT2D eigenvalue weighted by molar-refractivity contribution is 0.492. The van der Waals surface area contributed by atoms with Crippen molar-refractivity contribution in [2.24, 2.45) is 5.92 Å². The van der Waals surface area contributed by atoms with Gasteiger partial charge in [0.15, 0.2) is 0 Å². The van der Waals surface area contributed by atoms with Crippen LogP contribution in [0.25, 0.3) is 0 Å². The molecule has 2 atom stereocenters. The van der Waals surface area contributed by atoms with Crippen LogP contribution < -0.4 is 5.32 Å². The molecule has 0 aromatic heterocycles. The summed E-state index contributed by atoms with van der Waals surface area (Å²) in [6.45, 7) is 4.55. The predicted octanol–water partition coefficient (Wildman–Crippen LogP) is 3.32. The van der Waals surface area contributed by atoms with Crippen molar-refractivity contribution in [1.29, 1.82) is 0 Å². The first-order valence-electron chi connectivity index (χ1n) is 6.05. The molecule has 0 aliphatic heterocycles. The topological polar surface area (TPSA) is 46.2 Å². The molecule has 0 aliphatic carbocycles. The third kappa shape index (κ3) is 6.13. The molecule has 2 unspecified atom stereocenters. The van der Waals surface area contributed by atoms with E-state index in [1.807, 2.05) is 26.0 Å². The number of hydrogen-bond donors (Lipinski definition) is 1. The van der Waals surface area contributed by atoms with Crippen LogP contribution in [-0.2, 0) is 9.84 Å². The molecule has 0 bridgehead atoms. The number of nitrogens with one attached hydrogen (secondary N) is 1. The Bertz CT molecular complexity index is 531. The molecular formula is C13H19Cl2NO2S. The van der Waals surface area contributed by atoms with Gasteiger partial charge in [0.05, 0.1) is 15.8 Å². The largest absolute Gasteiger partial charge is 0.310 e. The minimum absolute atomic E-state index is 0.0697. The Balaban J connectivity index is 2.55. The Morgan fingerprint density at radius 2 is 1.84 bits per heavy atom. The van der Waals surface area contributed by atoms with E-state index >= 15 is 0 Å². The first-order chi connectivity index (χ1) is 8.69. The lowest BCUT2D eigenvalue weighted by Crippen LogP contribution is -2.28. The first kappa shape index (κ1) is 16.8. The van der Waals surface area contributed by atoms with Crippen LogP contribution in [0.4, 0.5) is 0 Å². The van der Waals surface area contributed by atoms with Crippen LogP contribution in [0.3, 0.4) is 0 Å². The maximum Gasteiger partial charge on any atom is 0.147 e. The van der Waals surface area contributed by atoms with Gasteiger partial charge in [0.1, 0.15) is 9.84 Å². The van der Waals surface area contributed by atoms with Gasteiger partial charge < -0.3 is 5.32 Å². The van der Waals surface area contributed by atoms with Gasteiger partial charge >= 0.3 is 0 Å². The van der Waals surface area contributed by atoms with Gasteiger partial charge in [0, 0.05) is 12.3 Å². The van der Waals surface area contributed by atoms with E-state index in [2.05, 4.69) is 5.32 Å². The first-order valence-corrected chi connectivity index (χ1v) is 8.86. The van der Waals surface area contributed by atoms with Crippen LogP contribution in [0.2, 0.25) is 10.0 Å². The van der Waals surface area contributed by atoms with Gasteiger partial charge in [-0.3, -0.25) is 0 Å². The summed E-state index contributed by atoms with van der Waals surface area (Å²) in [6.07, 6.45) is 1.26. The molecule has 6 heteroatoms. The van der Waals surface area contributed by atoms with E-state index in [1.54, 1.807) is 6.07 Å². The highest BCUT2D eigenvalue weighted by molar-refractivity contribution is 7.90. The van der Waals surface area contributed by atoms with Gasteiger partial charge in [-0.05, 0) is 37.1 Å². The maximum absolute atomic E-state index is 11.2. The van der Waals surface area contributed by atoms with Crippen LogP contribution in [0, 0.1) is 5.92 Å². The number of sulfone groups is 1. The number of hydrogen-bond acceptors (Lipinski definition) is 3. The van der Waals surface area contributed by atoms with Crippen molar-refractivity contribution >= 4 is 33.0 Å². The second-order valence-electron chi connectivity index (χ2n) is 5.00. The zero-order valence-corrected chi connectivity index (χ0v) is 13.6. The van der Waals surface area contributed by atoms with Crippen LogP contribution in [0.5, 0.6) is 0 Å². The average Bonchev–Trinajstić information content (AvgIpc) is 2.27. The second-order valence-corrected chi connectivity index (χ2v) is 8.00. The maximum atomic E-state index is 11.2. The molecular weight excluding hydrogens is 305 g/mol. The highest BCUT2D eigenvalue weighted by atomic mass is 35.5. The molecule has 0 radical (unpaired) electrons. The summed E-state index contributed by atoms with van der Waals surface area (Å²) < 4.78 is 22.4. The van der Waals surface area contributed by atoms with E-state index in [0.717, 1.165) is 5.56 Å². The summed E-state index contributed by atoms with van der Waals surface area (Å²) in [6, 6.07) is 5.59. The SMILES string of the molecule is CC(CNC(C)c1ccc(Cl)c(Cl)c1)CS(C)(=O)=O. The normalized spacial score (nSPS) is 15.2. The molecule has 108 valence electrons. The fraction of sp³-hybridized carbons (Fsp3) is 0.538. The zero-order chi connectivity index (χ0) is 14.6. The van der Waals surface area contributed by atoms with Crippen LogP contribution in [0.1, 0.15) is 25.5 Å². The van der Waals surface area contributed by atoms with Crippen molar-refractivity contribution < 1.29 is 8.42 Å². The van der Waals surface area contributed by atoms with Gasteiger partial charge in [-0.25, -0.2) is 8.42 Å². The average molecular weight is 324 g/mol. The van der Waals surface area contributed by atoms with E-state index in [-0.39, 0.29) is 17.7 Å². The molecule has 1 N–H and O–H groups in total. The quantitative estimate of drug-likeness (QED) is 0.873. The molecule has 0 amide bonds. The molecule has 0 spiro atoms. The zero-order valence-electron chi connectivity index (χ0n) is 11.3. The van der Waals surface area contributed by atoms with Crippen LogP contribution in [-0.4, -0.2) is 27.0 Å². The summed E-state index contributed by atoms with van der Waals surface area (Å²) in [4.78, 5) is 0. The smallest absolute Gasteiger partial charge is 0.147 e. The van der Waals surface area contributed by atoms with Crippen molar-refractivity contribution in [3.63, 3.8) is 0 Å². The lowest BCUT2D eigenvalue weighted by Gasteiger charge is -2.18. The Labute approximate surface area is 125 Å². The summed E-state index contributed by atoms with van der Waals surface area (Å²) in [5.41, 5.74) is 1.03. The van der Waals surface area contributed by atoms with Gasteiger partial charge in [-0.1, -0.05) is 36.2 Å². The minimum atomic E-state index is -2.93. The summed E-state index contributed by atoms with van der Waals surface area (Å²) in [5, 5.41) is 4.36. The van der Waals surface area contributed by atoms with E-state index in [4.69, 9.17) is 23.2 Å². The Kier molecular flexibility index (Phi) is 6.12.